The van der Waals surface area contributed by atoms with Gasteiger partial charge < -0.3 is 18.5 Å². The molecule has 0 unspecified atom stereocenters. The first kappa shape index (κ1) is 25.3. The van der Waals surface area contributed by atoms with Crippen LogP contribution in [0.2, 0.25) is 0 Å². The second-order valence-corrected chi connectivity index (χ2v) is 9.82. The van der Waals surface area contributed by atoms with E-state index in [1.807, 2.05) is 24.5 Å². The summed E-state index contributed by atoms with van der Waals surface area (Å²) in [6.07, 6.45) is 1.70. The molecule has 0 saturated carbocycles. The molecule has 0 aliphatic heterocycles. The van der Waals surface area contributed by atoms with Gasteiger partial charge in [0.25, 0.3) is 0 Å². The molecule has 1 N–H and O–H groups in total. The third-order valence-corrected chi connectivity index (χ3v) is 6.84. The first-order chi connectivity index (χ1) is 18.2. The number of hydrogen-bond acceptors (Lipinski definition) is 6. The number of aromatic nitrogens is 2. The van der Waals surface area contributed by atoms with Crippen LogP contribution in [0.15, 0.2) is 59.4 Å². The first-order valence-electron chi connectivity index (χ1n) is 12.2. The lowest BCUT2D eigenvalue weighted by atomic mass is 10.0. The van der Waals surface area contributed by atoms with Crippen molar-refractivity contribution in [2.45, 2.75) is 33.2 Å². The minimum Gasteiger partial charge on any atom is -0.493 e. The molecule has 0 amide bonds. The number of pyridine rings is 1. The quantitative estimate of drug-likeness (QED) is 0.194. The SMILES string of the molecule is CCCCOc1cc2c(=O)c3c4ccc(C#N)cc4[nH]c3n(CC)c2cc1-c1cccc(OS(=O)(=O)F)c1. The molecule has 8 nitrogen and oxygen atoms in total. The van der Waals surface area contributed by atoms with Gasteiger partial charge >= 0.3 is 10.5 Å². The smallest absolute Gasteiger partial charge is 0.488 e. The van der Waals surface area contributed by atoms with Crippen molar-refractivity contribution in [2.75, 3.05) is 6.61 Å². The number of hydrogen-bond donors (Lipinski definition) is 1. The van der Waals surface area contributed by atoms with E-state index in [1.54, 1.807) is 36.4 Å². The number of aryl methyl sites for hydroxylation is 1. The number of H-pyrrole nitrogens is 1. The van der Waals surface area contributed by atoms with Gasteiger partial charge in [-0.25, -0.2) is 0 Å². The Bertz CT molecular complexity index is 1920. The Morgan fingerprint density at radius 2 is 1.89 bits per heavy atom. The largest absolute Gasteiger partial charge is 0.493 e. The van der Waals surface area contributed by atoms with Crippen molar-refractivity contribution in [1.82, 2.24) is 9.55 Å². The molecular weight excluding hydrogens is 509 g/mol. The van der Waals surface area contributed by atoms with Crippen molar-refractivity contribution in [1.29, 1.82) is 5.26 Å². The van der Waals surface area contributed by atoms with Gasteiger partial charge in [-0.1, -0.05) is 35.4 Å². The number of fused-ring (bicyclic) bond motifs is 4. The minimum atomic E-state index is -5.20. The summed E-state index contributed by atoms with van der Waals surface area (Å²) in [6.45, 7) is 4.94. The first-order valence-corrected chi connectivity index (χ1v) is 13.5. The van der Waals surface area contributed by atoms with Crippen LogP contribution in [-0.2, 0) is 17.0 Å². The molecule has 0 spiro atoms. The summed E-state index contributed by atoms with van der Waals surface area (Å²) in [5, 5.41) is 11.0. The van der Waals surface area contributed by atoms with Crippen LogP contribution in [-0.4, -0.2) is 24.6 Å². The van der Waals surface area contributed by atoms with Gasteiger partial charge in [0.1, 0.15) is 17.1 Å². The zero-order valence-corrected chi connectivity index (χ0v) is 21.6. The number of rotatable bonds is 8. The number of unbranched alkanes of at least 4 members (excludes halogenated alkanes) is 1. The van der Waals surface area contributed by atoms with Crippen LogP contribution in [0, 0.1) is 11.3 Å². The molecule has 0 aliphatic carbocycles. The Kier molecular flexibility index (Phi) is 6.55. The van der Waals surface area contributed by atoms with Crippen LogP contribution in [0.4, 0.5) is 3.89 Å². The average Bonchev–Trinajstić information content (AvgIpc) is 3.27. The fraction of sp³-hybridized carbons (Fsp3) is 0.214. The number of benzene rings is 3. The molecule has 38 heavy (non-hydrogen) atoms. The molecule has 0 radical (unpaired) electrons. The normalized spacial score (nSPS) is 11.7. The van der Waals surface area contributed by atoms with Gasteiger partial charge in [0.05, 0.1) is 34.5 Å². The minimum absolute atomic E-state index is 0.178. The highest BCUT2D eigenvalue weighted by atomic mass is 32.3. The fourth-order valence-electron chi connectivity index (χ4n) is 4.74. The maximum atomic E-state index is 13.8. The summed E-state index contributed by atoms with van der Waals surface area (Å²) in [5.74, 6) is 0.258. The second-order valence-electron chi connectivity index (χ2n) is 8.87. The second kappa shape index (κ2) is 9.84. The fourth-order valence-corrected chi connectivity index (χ4v) is 5.08. The summed E-state index contributed by atoms with van der Waals surface area (Å²) in [5.41, 5.74) is 3.38. The number of nitriles is 1. The molecule has 3 aromatic carbocycles. The average molecular weight is 534 g/mol. The molecule has 2 heterocycles. The molecule has 5 rings (SSSR count). The maximum Gasteiger partial charge on any atom is 0.488 e. The maximum absolute atomic E-state index is 13.8. The molecule has 0 atom stereocenters. The Labute approximate surface area is 218 Å². The highest BCUT2D eigenvalue weighted by molar-refractivity contribution is 7.81. The standard InChI is InChI=1S/C28H24FN3O5S/c1-3-5-11-36-25-15-22-24(14-21(25)18-7-6-8-19(13-18)37-38(29,34)35)32(4-2)28-26(27(22)33)20-10-9-17(16-30)12-23(20)31-28/h6-10,12-15,31H,3-5,11H2,1-2H3. The Morgan fingerprint density at radius 3 is 2.61 bits per heavy atom. The monoisotopic (exact) mass is 533 g/mol. The molecule has 2 aromatic heterocycles. The van der Waals surface area contributed by atoms with Crippen molar-refractivity contribution < 1.29 is 21.2 Å². The van der Waals surface area contributed by atoms with Gasteiger partial charge in [-0.05, 0) is 55.3 Å². The van der Waals surface area contributed by atoms with Gasteiger partial charge in [0, 0.05) is 23.0 Å². The van der Waals surface area contributed by atoms with Crippen LogP contribution >= 0.6 is 0 Å². The van der Waals surface area contributed by atoms with E-state index in [4.69, 9.17) is 4.74 Å². The van der Waals surface area contributed by atoms with E-state index in [0.29, 0.717) is 63.0 Å². The van der Waals surface area contributed by atoms with Gasteiger partial charge in [-0.2, -0.15) is 13.7 Å². The van der Waals surface area contributed by atoms with Crippen LogP contribution in [0.25, 0.3) is 44.0 Å². The van der Waals surface area contributed by atoms with Crippen LogP contribution < -0.4 is 14.3 Å². The summed E-state index contributed by atoms with van der Waals surface area (Å²) in [7, 11) is -5.20. The molecule has 0 aliphatic rings. The van der Waals surface area contributed by atoms with E-state index in [0.717, 1.165) is 18.2 Å². The van der Waals surface area contributed by atoms with E-state index >= 15 is 0 Å². The van der Waals surface area contributed by atoms with Crippen molar-refractivity contribution in [3.8, 4) is 28.7 Å². The van der Waals surface area contributed by atoms with Crippen molar-refractivity contribution >= 4 is 43.3 Å². The zero-order valence-electron chi connectivity index (χ0n) is 20.7. The Hall–Kier alpha value is -4.36. The third kappa shape index (κ3) is 4.57. The van der Waals surface area contributed by atoms with Gasteiger partial charge in [0.15, 0.2) is 5.43 Å². The Balaban J connectivity index is 1.82. The van der Waals surface area contributed by atoms with Crippen LogP contribution in [0.5, 0.6) is 11.5 Å². The highest BCUT2D eigenvalue weighted by Gasteiger charge is 2.20. The molecule has 0 fully saturated rings. The number of ether oxygens (including phenoxy) is 1. The molecule has 10 heteroatoms. The third-order valence-electron chi connectivity index (χ3n) is 6.45. The predicted octanol–water partition coefficient (Wildman–Crippen LogP) is 5.97. The summed E-state index contributed by atoms with van der Waals surface area (Å²) in [4.78, 5) is 17.2. The number of aromatic amines is 1. The van der Waals surface area contributed by atoms with E-state index in [-0.39, 0.29) is 11.2 Å². The van der Waals surface area contributed by atoms with Crippen molar-refractivity contribution in [3.63, 3.8) is 0 Å². The lowest BCUT2D eigenvalue weighted by Crippen LogP contribution is -2.11. The summed E-state index contributed by atoms with van der Waals surface area (Å²) >= 11 is 0. The van der Waals surface area contributed by atoms with E-state index < -0.39 is 10.5 Å². The number of nitrogens with zero attached hydrogens (tertiary/aromatic N) is 2. The number of nitrogens with one attached hydrogen (secondary N) is 1. The van der Waals surface area contributed by atoms with E-state index in [1.165, 1.54) is 12.1 Å². The lowest BCUT2D eigenvalue weighted by Gasteiger charge is -2.17. The highest BCUT2D eigenvalue weighted by Crippen LogP contribution is 2.37. The molecule has 194 valence electrons. The predicted molar refractivity (Wildman–Crippen MR) is 144 cm³/mol. The van der Waals surface area contributed by atoms with Gasteiger partial charge in [-0.3, -0.25) is 4.79 Å². The van der Waals surface area contributed by atoms with E-state index in [2.05, 4.69) is 15.2 Å². The molecule has 0 bridgehead atoms. The summed E-state index contributed by atoms with van der Waals surface area (Å²) < 4.78 is 47.8. The Morgan fingerprint density at radius 1 is 1.08 bits per heavy atom. The topological polar surface area (TPSA) is 114 Å². The molecule has 5 aromatic rings. The van der Waals surface area contributed by atoms with Crippen LogP contribution in [0.1, 0.15) is 32.3 Å². The lowest BCUT2D eigenvalue weighted by molar-refractivity contribution is 0.311. The van der Waals surface area contributed by atoms with Gasteiger partial charge in [0.2, 0.25) is 0 Å². The van der Waals surface area contributed by atoms with Gasteiger partial charge in [-0.15, -0.1) is 0 Å². The summed E-state index contributed by atoms with van der Waals surface area (Å²) in [6, 6.07) is 16.8. The zero-order chi connectivity index (χ0) is 27.0. The molecule has 0 saturated heterocycles. The van der Waals surface area contributed by atoms with Crippen molar-refractivity contribution in [2.24, 2.45) is 0 Å². The van der Waals surface area contributed by atoms with Crippen LogP contribution in [0.3, 0.4) is 0 Å². The van der Waals surface area contributed by atoms with Crippen molar-refractivity contribution in [3.05, 3.63) is 70.4 Å². The number of halogens is 1. The van der Waals surface area contributed by atoms with E-state index in [9.17, 15) is 22.4 Å². The molecular formula is C28H24FN3O5S.